The molecule has 1 nitrogen and oxygen atoms in total. The first-order valence-corrected chi connectivity index (χ1v) is 5.30. The van der Waals surface area contributed by atoms with E-state index in [9.17, 15) is 13.9 Å². The molecular weight excluding hydrogens is 222 g/mol. The summed E-state index contributed by atoms with van der Waals surface area (Å²) < 4.78 is 25.1. The molecule has 1 N–H and O–H groups in total. The van der Waals surface area contributed by atoms with Gasteiger partial charge in [0.2, 0.25) is 0 Å². The molecule has 0 heterocycles. The summed E-state index contributed by atoms with van der Waals surface area (Å²) in [6.07, 6.45) is -4.52. The molecule has 0 saturated carbocycles. The molecule has 17 heavy (non-hydrogen) atoms. The van der Waals surface area contributed by atoms with Gasteiger partial charge in [-0.25, -0.2) is 8.78 Å². The van der Waals surface area contributed by atoms with Crippen LogP contribution in [0.1, 0.15) is 11.7 Å². The second-order valence-corrected chi connectivity index (χ2v) is 3.73. The summed E-state index contributed by atoms with van der Waals surface area (Å²) in [6.45, 7) is 0. The zero-order valence-corrected chi connectivity index (χ0v) is 9.05. The molecule has 1 unspecified atom stereocenters. The van der Waals surface area contributed by atoms with Crippen molar-refractivity contribution in [3.63, 3.8) is 0 Å². The smallest absolute Gasteiger partial charge is 0.268 e. The van der Waals surface area contributed by atoms with Crippen LogP contribution >= 0.6 is 0 Å². The maximum atomic E-state index is 12.6. The Balaban J connectivity index is 2.48. The van der Waals surface area contributed by atoms with Crippen molar-refractivity contribution >= 4 is 0 Å². The minimum atomic E-state index is -2.78. The van der Waals surface area contributed by atoms with E-state index in [4.69, 9.17) is 0 Å². The van der Waals surface area contributed by atoms with Crippen LogP contribution in [-0.2, 0) is 0 Å². The van der Waals surface area contributed by atoms with Crippen molar-refractivity contribution in [3.8, 4) is 11.1 Å². The fourth-order valence-corrected chi connectivity index (χ4v) is 1.77. The lowest BCUT2D eigenvalue weighted by atomic mass is 9.96. The molecular formula is C14H12F2O. The van der Waals surface area contributed by atoms with Gasteiger partial charge in [0.15, 0.2) is 0 Å². The molecule has 0 fully saturated rings. The van der Waals surface area contributed by atoms with E-state index in [1.165, 1.54) is 6.07 Å². The molecule has 2 rings (SSSR count). The third kappa shape index (κ3) is 2.50. The lowest BCUT2D eigenvalue weighted by molar-refractivity contribution is -0.00546. The highest BCUT2D eigenvalue weighted by Crippen LogP contribution is 2.30. The van der Waals surface area contributed by atoms with Crippen molar-refractivity contribution in [2.75, 3.05) is 0 Å². The van der Waals surface area contributed by atoms with E-state index in [2.05, 4.69) is 0 Å². The summed E-state index contributed by atoms with van der Waals surface area (Å²) in [5, 5.41) is 9.49. The quantitative estimate of drug-likeness (QED) is 0.859. The summed E-state index contributed by atoms with van der Waals surface area (Å²) >= 11 is 0. The first kappa shape index (κ1) is 11.7. The van der Waals surface area contributed by atoms with Crippen LogP contribution in [0.4, 0.5) is 8.78 Å². The second-order valence-electron chi connectivity index (χ2n) is 3.73. The van der Waals surface area contributed by atoms with Crippen molar-refractivity contribution < 1.29 is 13.9 Å². The number of benzene rings is 2. The number of aliphatic hydroxyl groups is 1. The number of alkyl halides is 2. The zero-order valence-electron chi connectivity index (χ0n) is 9.05. The predicted molar refractivity (Wildman–Crippen MR) is 62.8 cm³/mol. The molecule has 2 aromatic carbocycles. The summed E-state index contributed by atoms with van der Waals surface area (Å²) in [7, 11) is 0. The summed E-state index contributed by atoms with van der Waals surface area (Å²) in [5.41, 5.74) is 1.72. The van der Waals surface area contributed by atoms with Gasteiger partial charge < -0.3 is 5.11 Å². The fourth-order valence-electron chi connectivity index (χ4n) is 1.77. The maximum absolute atomic E-state index is 12.6. The number of aliphatic hydroxyl groups excluding tert-OH is 1. The molecule has 0 amide bonds. The van der Waals surface area contributed by atoms with Gasteiger partial charge in [0.05, 0.1) is 0 Å². The second kappa shape index (κ2) is 5.06. The molecule has 1 atom stereocenters. The van der Waals surface area contributed by atoms with E-state index in [-0.39, 0.29) is 5.56 Å². The molecule has 0 saturated heterocycles. The molecule has 0 aromatic heterocycles. The maximum Gasteiger partial charge on any atom is 0.268 e. The monoisotopic (exact) mass is 234 g/mol. The molecule has 2 aromatic rings. The normalized spacial score (nSPS) is 12.7. The Kier molecular flexibility index (Phi) is 3.49. The minimum Gasteiger partial charge on any atom is -0.382 e. The Morgan fingerprint density at radius 1 is 0.824 bits per heavy atom. The highest BCUT2D eigenvalue weighted by atomic mass is 19.3. The van der Waals surface area contributed by atoms with Crippen LogP contribution in [0.3, 0.4) is 0 Å². The van der Waals surface area contributed by atoms with Gasteiger partial charge in [-0.05, 0) is 16.7 Å². The van der Waals surface area contributed by atoms with Gasteiger partial charge in [0, 0.05) is 0 Å². The summed E-state index contributed by atoms with van der Waals surface area (Å²) in [4.78, 5) is 0. The van der Waals surface area contributed by atoms with Gasteiger partial charge in [-0.1, -0.05) is 54.6 Å². The SMILES string of the molecule is OC(c1ccccc1-c1ccccc1)C(F)F. The van der Waals surface area contributed by atoms with E-state index in [1.807, 2.05) is 30.3 Å². The van der Waals surface area contributed by atoms with Gasteiger partial charge in [0.25, 0.3) is 6.43 Å². The standard InChI is InChI=1S/C14H12F2O/c15-14(16)13(17)12-9-5-4-8-11(12)10-6-2-1-3-7-10/h1-9,13-14,17H. The highest BCUT2D eigenvalue weighted by Gasteiger charge is 2.21. The Bertz CT molecular complexity index is 483. The molecule has 0 aliphatic rings. The first-order chi connectivity index (χ1) is 8.20. The molecule has 3 heteroatoms. The fraction of sp³-hybridized carbons (Fsp3) is 0.143. The Labute approximate surface area is 98.3 Å². The number of rotatable bonds is 3. The number of halogens is 2. The van der Waals surface area contributed by atoms with Crippen molar-refractivity contribution in [2.45, 2.75) is 12.5 Å². The Morgan fingerprint density at radius 2 is 1.41 bits per heavy atom. The van der Waals surface area contributed by atoms with Crippen LogP contribution in [0, 0.1) is 0 Å². The zero-order chi connectivity index (χ0) is 12.3. The predicted octanol–water partition coefficient (Wildman–Crippen LogP) is 3.65. The average molecular weight is 234 g/mol. The first-order valence-electron chi connectivity index (χ1n) is 5.30. The van der Waals surface area contributed by atoms with Crippen LogP contribution in [0.2, 0.25) is 0 Å². The van der Waals surface area contributed by atoms with Crippen LogP contribution in [0.25, 0.3) is 11.1 Å². The highest BCUT2D eigenvalue weighted by molar-refractivity contribution is 5.67. The molecule has 0 aliphatic heterocycles. The molecule has 0 bridgehead atoms. The molecule has 0 radical (unpaired) electrons. The van der Waals surface area contributed by atoms with Crippen molar-refractivity contribution in [1.82, 2.24) is 0 Å². The van der Waals surface area contributed by atoms with Crippen molar-refractivity contribution in [2.24, 2.45) is 0 Å². The van der Waals surface area contributed by atoms with E-state index in [0.717, 1.165) is 5.56 Å². The molecule has 0 aliphatic carbocycles. The summed E-state index contributed by atoms with van der Waals surface area (Å²) in [5.74, 6) is 0. The van der Waals surface area contributed by atoms with Gasteiger partial charge in [-0.2, -0.15) is 0 Å². The van der Waals surface area contributed by atoms with Crippen LogP contribution in [-0.4, -0.2) is 11.5 Å². The lowest BCUT2D eigenvalue weighted by Crippen LogP contribution is -2.09. The topological polar surface area (TPSA) is 20.2 Å². The van der Waals surface area contributed by atoms with Crippen LogP contribution in [0.15, 0.2) is 54.6 Å². The van der Waals surface area contributed by atoms with E-state index in [1.54, 1.807) is 18.2 Å². The Morgan fingerprint density at radius 3 is 2.06 bits per heavy atom. The van der Waals surface area contributed by atoms with Gasteiger partial charge in [0.1, 0.15) is 6.10 Å². The Hall–Kier alpha value is -1.74. The number of hydrogen-bond acceptors (Lipinski definition) is 1. The van der Waals surface area contributed by atoms with Crippen LogP contribution < -0.4 is 0 Å². The van der Waals surface area contributed by atoms with Gasteiger partial charge >= 0.3 is 0 Å². The van der Waals surface area contributed by atoms with E-state index < -0.39 is 12.5 Å². The molecule has 88 valence electrons. The van der Waals surface area contributed by atoms with E-state index >= 15 is 0 Å². The third-order valence-electron chi connectivity index (χ3n) is 2.60. The van der Waals surface area contributed by atoms with Crippen molar-refractivity contribution in [1.29, 1.82) is 0 Å². The van der Waals surface area contributed by atoms with Crippen molar-refractivity contribution in [3.05, 3.63) is 60.2 Å². The van der Waals surface area contributed by atoms with E-state index in [0.29, 0.717) is 5.56 Å². The lowest BCUT2D eigenvalue weighted by Gasteiger charge is -2.14. The van der Waals surface area contributed by atoms with Gasteiger partial charge in [-0.15, -0.1) is 0 Å². The molecule has 0 spiro atoms. The average Bonchev–Trinajstić information content (AvgIpc) is 2.39. The van der Waals surface area contributed by atoms with Gasteiger partial charge in [-0.3, -0.25) is 0 Å². The largest absolute Gasteiger partial charge is 0.382 e. The third-order valence-corrected chi connectivity index (χ3v) is 2.60. The summed E-state index contributed by atoms with van der Waals surface area (Å²) in [6, 6.07) is 15.9. The number of hydrogen-bond donors (Lipinski definition) is 1. The minimum absolute atomic E-state index is 0.258. The van der Waals surface area contributed by atoms with Crippen LogP contribution in [0.5, 0.6) is 0 Å².